The van der Waals surface area contributed by atoms with Crippen LogP contribution < -0.4 is 0 Å². The number of hydrogen-bond acceptors (Lipinski definition) is 4. The highest BCUT2D eigenvalue weighted by Crippen LogP contribution is 2.36. The van der Waals surface area contributed by atoms with Crippen molar-refractivity contribution in [1.82, 2.24) is 4.67 Å². The Balaban J connectivity index is 2.03. The van der Waals surface area contributed by atoms with Crippen molar-refractivity contribution in [2.24, 2.45) is 0 Å². The summed E-state index contributed by atoms with van der Waals surface area (Å²) in [4.78, 5) is 11.4. The maximum Gasteiger partial charge on any atom is 0.257 e. The van der Waals surface area contributed by atoms with E-state index in [1.807, 2.05) is 13.8 Å². The Bertz CT molecular complexity index is 286. The fourth-order valence-corrected chi connectivity index (χ4v) is 2.67. The molecule has 2 heterocycles. The zero-order chi connectivity index (χ0) is 11.2. The molecule has 0 bridgehead atoms. The molecular formula is C8H15NO4P2. The van der Waals surface area contributed by atoms with Crippen molar-refractivity contribution in [2.75, 3.05) is 6.61 Å². The van der Waals surface area contributed by atoms with Crippen molar-refractivity contribution in [3.63, 3.8) is 0 Å². The summed E-state index contributed by atoms with van der Waals surface area (Å²) in [6, 6.07) is -0.0817. The number of nitrogens with zero attached hydrogens (tertiary/aromatic N) is 1. The predicted molar refractivity (Wildman–Crippen MR) is 59.8 cm³/mol. The predicted octanol–water partition coefficient (Wildman–Crippen LogP) is 0.314. The van der Waals surface area contributed by atoms with Crippen LogP contribution in [0.3, 0.4) is 0 Å². The minimum absolute atomic E-state index is 0.0479. The topological polar surface area (TPSA) is 48.0 Å². The van der Waals surface area contributed by atoms with Crippen LogP contribution in [0.4, 0.5) is 0 Å². The lowest BCUT2D eigenvalue weighted by Gasteiger charge is -2.45. The molecule has 86 valence electrons. The lowest BCUT2D eigenvalue weighted by atomic mass is 9.97. The number of amides is 1. The van der Waals surface area contributed by atoms with Gasteiger partial charge in [0, 0.05) is 9.47 Å². The van der Waals surface area contributed by atoms with Crippen LogP contribution in [-0.2, 0) is 18.8 Å². The third kappa shape index (κ3) is 1.92. The average molecular weight is 251 g/mol. The summed E-state index contributed by atoms with van der Waals surface area (Å²) in [6.45, 7) is 4.20. The first-order chi connectivity index (χ1) is 6.96. The number of ether oxygens (including phenoxy) is 2. The van der Waals surface area contributed by atoms with E-state index >= 15 is 0 Å². The molecule has 0 aromatic rings. The van der Waals surface area contributed by atoms with Crippen LogP contribution in [0, 0.1) is 0 Å². The normalized spacial score (nSPS) is 39.3. The molecule has 4 unspecified atom stereocenters. The Morgan fingerprint density at radius 3 is 2.73 bits per heavy atom. The van der Waals surface area contributed by atoms with Crippen molar-refractivity contribution < 1.29 is 18.8 Å². The average Bonchev–Trinajstić information content (AvgIpc) is 2.52. The van der Waals surface area contributed by atoms with Crippen LogP contribution in [0.2, 0.25) is 0 Å². The van der Waals surface area contributed by atoms with Crippen molar-refractivity contribution >= 4 is 24.8 Å². The van der Waals surface area contributed by atoms with Crippen LogP contribution in [0.15, 0.2) is 0 Å². The number of rotatable bonds is 2. The Morgan fingerprint density at radius 1 is 1.60 bits per heavy atom. The molecule has 2 rings (SSSR count). The zero-order valence-electron chi connectivity index (χ0n) is 8.67. The van der Waals surface area contributed by atoms with E-state index in [0.717, 1.165) is 0 Å². The first-order valence-electron chi connectivity index (χ1n) is 4.71. The molecular weight excluding hydrogens is 236 g/mol. The Labute approximate surface area is 93.3 Å². The largest absolute Gasteiger partial charge is 0.350 e. The number of carbonyl (C=O) groups is 1. The third-order valence-electron chi connectivity index (χ3n) is 2.69. The molecule has 5 atom stereocenters. The molecule has 0 aliphatic carbocycles. The van der Waals surface area contributed by atoms with Gasteiger partial charge in [-0.1, -0.05) is 0 Å². The summed E-state index contributed by atoms with van der Waals surface area (Å²) in [6.07, 6.45) is -0.559. The van der Waals surface area contributed by atoms with Gasteiger partial charge >= 0.3 is 0 Å². The fourth-order valence-electron chi connectivity index (χ4n) is 1.90. The zero-order valence-corrected chi connectivity index (χ0v) is 11.0. The summed E-state index contributed by atoms with van der Waals surface area (Å²) in [5.41, 5.74) is 0. The molecule has 0 saturated carbocycles. The highest BCUT2D eigenvalue weighted by Gasteiger charge is 2.53. The van der Waals surface area contributed by atoms with Crippen molar-refractivity contribution in [3.8, 4) is 0 Å². The van der Waals surface area contributed by atoms with Crippen molar-refractivity contribution in [2.45, 2.75) is 37.9 Å². The van der Waals surface area contributed by atoms with E-state index in [4.69, 9.17) is 14.0 Å². The second kappa shape index (κ2) is 3.90. The molecule has 7 heteroatoms. The maximum absolute atomic E-state index is 11.4. The number of carbonyl (C=O) groups excluding carboxylic acids is 1. The molecule has 0 aromatic carbocycles. The highest BCUT2D eigenvalue weighted by molar-refractivity contribution is 7.15. The number of β-lactam (4-membered cyclic amide) rings is 1. The van der Waals surface area contributed by atoms with Crippen molar-refractivity contribution in [3.05, 3.63) is 0 Å². The van der Waals surface area contributed by atoms with Crippen LogP contribution in [0.1, 0.15) is 13.8 Å². The Morgan fingerprint density at radius 2 is 2.27 bits per heavy atom. The minimum atomic E-state index is -0.569. The summed E-state index contributed by atoms with van der Waals surface area (Å²) in [5.74, 6) is -0.617. The fraction of sp³-hybridized carbons (Fsp3) is 0.875. The first-order valence-corrected chi connectivity index (χ1v) is 5.70. The van der Waals surface area contributed by atoms with Gasteiger partial charge in [-0.15, -0.1) is 0 Å². The van der Waals surface area contributed by atoms with E-state index in [0.29, 0.717) is 6.61 Å². The molecule has 2 saturated heterocycles. The molecule has 0 spiro atoms. The lowest BCUT2D eigenvalue weighted by molar-refractivity contribution is -0.172. The lowest BCUT2D eigenvalue weighted by Crippen LogP contribution is -2.65. The summed E-state index contributed by atoms with van der Waals surface area (Å²) in [7, 11) is 4.51. The SMILES string of the molecule is CC1(C)OCC(C2[C@@H](OP)C(=O)N2P)O1. The molecule has 1 amide bonds. The quantitative estimate of drug-likeness (QED) is 0.523. The third-order valence-corrected chi connectivity index (χ3v) is 3.58. The van der Waals surface area contributed by atoms with Gasteiger partial charge in [0.15, 0.2) is 11.9 Å². The molecule has 0 aromatic heterocycles. The molecule has 2 fully saturated rings. The molecule has 0 radical (unpaired) electrons. The number of hydrogen-bond donors (Lipinski definition) is 0. The van der Waals surface area contributed by atoms with Gasteiger partial charge in [-0.3, -0.25) is 4.79 Å². The molecule has 15 heavy (non-hydrogen) atoms. The summed E-state index contributed by atoms with van der Waals surface area (Å²) in [5, 5.41) is 0. The standard InChI is InChI=1S/C8H15NO4P2/c1-8(2)11-3-4(12-8)5-6(13-15)7(10)9(5)14/h4-6H,3,14-15H2,1-2H3/t4?,5?,6-/m1/s1. The van der Waals surface area contributed by atoms with Crippen LogP contribution >= 0.6 is 18.9 Å². The van der Waals surface area contributed by atoms with E-state index in [-0.39, 0.29) is 18.1 Å². The maximum atomic E-state index is 11.4. The Kier molecular flexibility index (Phi) is 3.04. The Hall–Kier alpha value is 0.210. The monoisotopic (exact) mass is 251 g/mol. The summed E-state index contributed by atoms with van der Waals surface area (Å²) >= 11 is 0. The van der Waals surface area contributed by atoms with E-state index in [1.165, 1.54) is 0 Å². The second-order valence-corrected chi connectivity index (χ2v) is 4.99. The molecule has 5 nitrogen and oxygen atoms in total. The van der Waals surface area contributed by atoms with Gasteiger partial charge in [-0.25, -0.2) is 0 Å². The van der Waals surface area contributed by atoms with E-state index in [9.17, 15) is 4.79 Å². The van der Waals surface area contributed by atoms with Crippen LogP contribution in [0.5, 0.6) is 0 Å². The van der Waals surface area contributed by atoms with Gasteiger partial charge in [-0.2, -0.15) is 0 Å². The van der Waals surface area contributed by atoms with E-state index in [2.05, 4.69) is 18.9 Å². The van der Waals surface area contributed by atoms with Gasteiger partial charge in [0.2, 0.25) is 0 Å². The van der Waals surface area contributed by atoms with Gasteiger partial charge < -0.3 is 18.7 Å². The van der Waals surface area contributed by atoms with Gasteiger partial charge in [0.05, 0.1) is 12.6 Å². The summed E-state index contributed by atoms with van der Waals surface area (Å²) < 4.78 is 17.7. The smallest absolute Gasteiger partial charge is 0.257 e. The van der Waals surface area contributed by atoms with Crippen molar-refractivity contribution in [1.29, 1.82) is 0 Å². The highest BCUT2D eigenvalue weighted by atomic mass is 31.0. The first kappa shape index (κ1) is 11.7. The molecule has 2 aliphatic heterocycles. The van der Waals surface area contributed by atoms with Crippen LogP contribution in [-0.4, -0.2) is 41.2 Å². The van der Waals surface area contributed by atoms with E-state index in [1.54, 1.807) is 4.67 Å². The second-order valence-electron chi connectivity index (χ2n) is 4.16. The van der Waals surface area contributed by atoms with Gasteiger partial charge in [-0.05, 0) is 23.2 Å². The minimum Gasteiger partial charge on any atom is -0.350 e. The molecule has 2 aliphatic rings. The van der Waals surface area contributed by atoms with E-state index < -0.39 is 11.9 Å². The van der Waals surface area contributed by atoms with Crippen LogP contribution in [0.25, 0.3) is 0 Å². The molecule has 0 N–H and O–H groups in total. The van der Waals surface area contributed by atoms with Gasteiger partial charge in [0.1, 0.15) is 6.10 Å². The van der Waals surface area contributed by atoms with Gasteiger partial charge in [0.25, 0.3) is 5.91 Å².